The summed E-state index contributed by atoms with van der Waals surface area (Å²) in [6.45, 7) is 4.71. The number of amides is 3. The Hall–Kier alpha value is -4.52. The van der Waals surface area contributed by atoms with E-state index in [4.69, 9.17) is 22.7 Å². The first-order valence-corrected chi connectivity index (χ1v) is 16.5. The molecule has 1 aromatic carbocycles. The third kappa shape index (κ3) is 11.0. The first-order valence-electron chi connectivity index (χ1n) is 15.1. The molecule has 264 valence electrons. The third-order valence-corrected chi connectivity index (χ3v) is 7.90. The number of piperidine rings is 1. The molecule has 3 amide bonds. The smallest absolute Gasteiger partial charge is 0.481 e. The van der Waals surface area contributed by atoms with Crippen molar-refractivity contribution in [2.75, 3.05) is 50.8 Å². The average Bonchev–Trinajstić information content (AvgIpc) is 3.06. The van der Waals surface area contributed by atoms with Crippen LogP contribution in [0.5, 0.6) is 0 Å². The van der Waals surface area contributed by atoms with E-state index in [-0.39, 0.29) is 51.3 Å². The topological polar surface area (TPSA) is 200 Å². The SMILES string of the molecule is CCOC(=O)N1CCN(C(=O)C(CCC(=O)O)NC(=O)c2cc(N3CCCCC3)nc(-c3ccccc3)n2)CC1.O=S(=O)(O)C(F)(F)F. The van der Waals surface area contributed by atoms with Gasteiger partial charge in [-0.3, -0.25) is 18.9 Å². The number of carbonyl (C=O) groups is 4. The molecule has 3 N–H and O–H groups in total. The van der Waals surface area contributed by atoms with Gasteiger partial charge in [0.1, 0.15) is 17.6 Å². The molecule has 0 saturated carbocycles. The van der Waals surface area contributed by atoms with Crippen LogP contribution in [-0.2, 0) is 24.4 Å². The number of hydrogen-bond acceptors (Lipinski definition) is 10. The van der Waals surface area contributed by atoms with Crippen molar-refractivity contribution in [3.63, 3.8) is 0 Å². The molecule has 2 saturated heterocycles. The Bertz CT molecular complexity index is 1530. The maximum Gasteiger partial charge on any atom is 0.522 e. The van der Waals surface area contributed by atoms with E-state index in [1.807, 2.05) is 30.3 Å². The van der Waals surface area contributed by atoms with Gasteiger partial charge in [0.25, 0.3) is 5.91 Å². The highest BCUT2D eigenvalue weighted by Crippen LogP contribution is 2.23. The molecule has 2 aliphatic rings. The fourth-order valence-corrected chi connectivity index (χ4v) is 4.85. The summed E-state index contributed by atoms with van der Waals surface area (Å²) in [5.41, 5.74) is -4.67. The molecule has 15 nitrogen and oxygen atoms in total. The number of rotatable bonds is 9. The molecule has 3 heterocycles. The Morgan fingerprint density at radius 2 is 1.54 bits per heavy atom. The standard InChI is InChI=1S/C28H36N6O6.CHF3O3S/c1-2-40-28(39)34-17-15-33(16-18-34)27(38)21(11-12-24(35)36)30-26(37)22-19-23(32-13-7-4-8-14-32)31-25(29-22)20-9-5-3-6-10-20;2-1(3,4)8(5,6)7/h3,5-6,9-10,19,21H,2,4,7-8,11-18H2,1H3,(H,30,37)(H,35,36);(H,5,6,7). The minimum Gasteiger partial charge on any atom is -0.481 e. The lowest BCUT2D eigenvalue weighted by Gasteiger charge is -2.36. The van der Waals surface area contributed by atoms with E-state index in [1.165, 1.54) is 9.80 Å². The summed E-state index contributed by atoms with van der Waals surface area (Å²) < 4.78 is 62.6. The average molecular weight is 703 g/mol. The second-order valence-corrected chi connectivity index (χ2v) is 12.2. The van der Waals surface area contributed by atoms with Gasteiger partial charge in [0.05, 0.1) is 6.61 Å². The summed E-state index contributed by atoms with van der Waals surface area (Å²) in [6.07, 6.45) is 2.39. The van der Waals surface area contributed by atoms with Gasteiger partial charge in [-0.15, -0.1) is 0 Å². The molecular weight excluding hydrogens is 665 g/mol. The Morgan fingerprint density at radius 1 is 0.958 bits per heavy atom. The van der Waals surface area contributed by atoms with Gasteiger partial charge in [-0.1, -0.05) is 30.3 Å². The van der Waals surface area contributed by atoms with Gasteiger partial charge in [0, 0.05) is 57.3 Å². The number of carboxylic acid groups (broad SMARTS) is 1. The van der Waals surface area contributed by atoms with E-state index in [9.17, 15) is 37.5 Å². The van der Waals surface area contributed by atoms with Gasteiger partial charge < -0.3 is 29.9 Å². The van der Waals surface area contributed by atoms with E-state index in [1.54, 1.807) is 13.0 Å². The van der Waals surface area contributed by atoms with Gasteiger partial charge >= 0.3 is 27.7 Å². The lowest BCUT2D eigenvalue weighted by Crippen LogP contribution is -2.56. The van der Waals surface area contributed by atoms with Crippen molar-refractivity contribution in [2.24, 2.45) is 0 Å². The van der Waals surface area contributed by atoms with Gasteiger partial charge in [-0.2, -0.15) is 21.6 Å². The number of anilines is 1. The molecule has 1 atom stereocenters. The highest BCUT2D eigenvalue weighted by atomic mass is 32.2. The number of benzene rings is 1. The summed E-state index contributed by atoms with van der Waals surface area (Å²) in [7, 11) is -5.84. The minimum atomic E-state index is -5.84. The molecular formula is C29H37F3N6O9S. The number of ether oxygens (including phenoxy) is 1. The number of alkyl halides is 3. The van der Waals surface area contributed by atoms with E-state index >= 15 is 0 Å². The number of aromatic nitrogens is 2. The second-order valence-electron chi connectivity index (χ2n) is 10.7. The zero-order valence-corrected chi connectivity index (χ0v) is 26.9. The maximum absolute atomic E-state index is 13.5. The van der Waals surface area contributed by atoms with Crippen molar-refractivity contribution in [1.29, 1.82) is 0 Å². The fourth-order valence-electron chi connectivity index (χ4n) is 4.85. The third-order valence-electron chi connectivity index (χ3n) is 7.32. The Labute approximate surface area is 274 Å². The number of nitrogens with zero attached hydrogens (tertiary/aromatic N) is 5. The number of nitrogens with one attached hydrogen (secondary N) is 1. The van der Waals surface area contributed by atoms with Crippen LogP contribution in [0.2, 0.25) is 0 Å². The summed E-state index contributed by atoms with van der Waals surface area (Å²) in [4.78, 5) is 64.7. The predicted molar refractivity (Wildman–Crippen MR) is 164 cm³/mol. The van der Waals surface area contributed by atoms with Crippen LogP contribution in [0, 0.1) is 0 Å². The van der Waals surface area contributed by atoms with E-state index in [0.29, 0.717) is 11.6 Å². The number of piperazine rings is 1. The molecule has 48 heavy (non-hydrogen) atoms. The Morgan fingerprint density at radius 3 is 2.08 bits per heavy atom. The van der Waals surface area contributed by atoms with Crippen LogP contribution < -0.4 is 10.2 Å². The molecule has 4 rings (SSSR count). The molecule has 0 spiro atoms. The van der Waals surface area contributed by atoms with Crippen LogP contribution in [-0.4, -0.2) is 119 Å². The van der Waals surface area contributed by atoms with Gasteiger partial charge in [0.15, 0.2) is 5.82 Å². The van der Waals surface area contributed by atoms with Crippen molar-refractivity contribution >= 4 is 39.8 Å². The van der Waals surface area contributed by atoms with Crippen LogP contribution in [0.15, 0.2) is 36.4 Å². The van der Waals surface area contributed by atoms with E-state index in [0.717, 1.165) is 37.9 Å². The molecule has 2 aromatic rings. The molecule has 1 aromatic heterocycles. The monoisotopic (exact) mass is 702 g/mol. The first kappa shape index (κ1) is 37.9. The molecule has 2 aliphatic heterocycles. The Kier molecular flexibility index (Phi) is 13.5. The predicted octanol–water partition coefficient (Wildman–Crippen LogP) is 2.79. The quantitative estimate of drug-likeness (QED) is 0.255. The van der Waals surface area contributed by atoms with Crippen molar-refractivity contribution in [3.05, 3.63) is 42.1 Å². The van der Waals surface area contributed by atoms with Crippen molar-refractivity contribution in [1.82, 2.24) is 25.1 Å². The van der Waals surface area contributed by atoms with Crippen LogP contribution in [0.1, 0.15) is 49.5 Å². The van der Waals surface area contributed by atoms with Crippen LogP contribution in [0.25, 0.3) is 11.4 Å². The normalized spacial score (nSPS) is 15.9. The summed E-state index contributed by atoms with van der Waals surface area (Å²) >= 11 is 0. The fraction of sp³-hybridized carbons (Fsp3) is 0.517. The largest absolute Gasteiger partial charge is 0.522 e. The minimum absolute atomic E-state index is 0.0758. The zero-order valence-electron chi connectivity index (χ0n) is 26.1. The number of aliphatic carboxylic acids is 1. The molecule has 0 radical (unpaired) electrons. The number of hydrogen-bond donors (Lipinski definition) is 3. The molecule has 1 unspecified atom stereocenters. The highest BCUT2D eigenvalue weighted by Gasteiger charge is 2.44. The number of halogens is 3. The highest BCUT2D eigenvalue weighted by molar-refractivity contribution is 7.86. The van der Waals surface area contributed by atoms with Gasteiger partial charge in [-0.05, 0) is 32.6 Å². The second kappa shape index (κ2) is 17.0. The lowest BCUT2D eigenvalue weighted by molar-refractivity contribution is -0.138. The summed E-state index contributed by atoms with van der Waals surface area (Å²) in [5, 5.41) is 12.0. The van der Waals surface area contributed by atoms with E-state index in [2.05, 4.69) is 15.2 Å². The molecule has 0 aliphatic carbocycles. The molecule has 0 bridgehead atoms. The van der Waals surface area contributed by atoms with Crippen molar-refractivity contribution < 1.29 is 55.2 Å². The molecule has 2 fully saturated rings. The van der Waals surface area contributed by atoms with Crippen LogP contribution >= 0.6 is 0 Å². The zero-order chi connectivity index (χ0) is 35.5. The summed E-state index contributed by atoms with van der Waals surface area (Å²) in [5.74, 6) is -1.00. The first-order chi connectivity index (χ1) is 22.6. The van der Waals surface area contributed by atoms with Gasteiger partial charge in [-0.25, -0.2) is 14.8 Å². The van der Waals surface area contributed by atoms with Crippen molar-refractivity contribution in [3.8, 4) is 11.4 Å². The summed E-state index contributed by atoms with van der Waals surface area (Å²) in [6, 6.07) is 9.92. The number of carbonyl (C=O) groups excluding carboxylic acids is 3. The molecule has 19 heteroatoms. The van der Waals surface area contributed by atoms with Crippen molar-refractivity contribution in [2.45, 2.75) is 50.6 Å². The Balaban J connectivity index is 0.000000694. The van der Waals surface area contributed by atoms with Crippen LogP contribution in [0.3, 0.4) is 0 Å². The van der Waals surface area contributed by atoms with Crippen LogP contribution in [0.4, 0.5) is 23.8 Å². The lowest BCUT2D eigenvalue weighted by atomic mass is 10.1. The van der Waals surface area contributed by atoms with E-state index < -0.39 is 45.5 Å². The number of carboxylic acids is 1. The maximum atomic E-state index is 13.5. The van der Waals surface area contributed by atoms with Gasteiger partial charge in [0.2, 0.25) is 5.91 Å².